The molecule has 1 aromatic rings. The van der Waals surface area contributed by atoms with E-state index in [0.717, 1.165) is 37.4 Å². The van der Waals surface area contributed by atoms with E-state index >= 15 is 0 Å². The van der Waals surface area contributed by atoms with E-state index < -0.39 is 0 Å². The first-order valence-electron chi connectivity index (χ1n) is 6.35. The van der Waals surface area contributed by atoms with Gasteiger partial charge in [0.2, 0.25) is 5.91 Å². The highest BCUT2D eigenvalue weighted by molar-refractivity contribution is 7.15. The first-order valence-corrected chi connectivity index (χ1v) is 7.16. The molecule has 0 aromatic carbocycles. The van der Waals surface area contributed by atoms with Gasteiger partial charge in [-0.25, -0.2) is 4.98 Å². The number of nitrogen functional groups attached to an aromatic ring is 1. The number of nitrogens with one attached hydrogen (secondary N) is 1. The normalized spacial score (nSPS) is 10.8. The summed E-state index contributed by atoms with van der Waals surface area (Å²) in [6.07, 6.45) is 3.77. The van der Waals surface area contributed by atoms with E-state index in [2.05, 4.69) is 22.1 Å². The standard InChI is InChI=1S/C12H22N4OS/c1-3-5-14-11(17)9-16(6-4-2)8-10-7-15-12(13)18-10/h7H,3-6,8-9H2,1-2H3,(H2,13,15)(H,14,17). The number of rotatable bonds is 8. The zero-order valence-corrected chi connectivity index (χ0v) is 11.9. The number of nitrogens with zero attached hydrogens (tertiary/aromatic N) is 2. The highest BCUT2D eigenvalue weighted by Gasteiger charge is 2.11. The monoisotopic (exact) mass is 270 g/mol. The summed E-state index contributed by atoms with van der Waals surface area (Å²) in [5.74, 6) is 0.0859. The second-order valence-corrected chi connectivity index (χ2v) is 5.37. The van der Waals surface area contributed by atoms with E-state index in [4.69, 9.17) is 5.73 Å². The summed E-state index contributed by atoms with van der Waals surface area (Å²) in [5, 5.41) is 3.48. The van der Waals surface area contributed by atoms with Gasteiger partial charge in [-0.05, 0) is 19.4 Å². The second kappa shape index (κ2) is 8.05. The summed E-state index contributed by atoms with van der Waals surface area (Å²) in [6.45, 7) is 6.97. The fourth-order valence-electron chi connectivity index (χ4n) is 1.67. The van der Waals surface area contributed by atoms with E-state index in [-0.39, 0.29) is 5.91 Å². The number of nitrogens with two attached hydrogens (primary N) is 1. The lowest BCUT2D eigenvalue weighted by molar-refractivity contribution is -0.122. The molecule has 1 rings (SSSR count). The van der Waals surface area contributed by atoms with Crippen molar-refractivity contribution in [3.8, 4) is 0 Å². The molecule has 1 aromatic heterocycles. The van der Waals surface area contributed by atoms with Crippen LogP contribution in [0.4, 0.5) is 5.13 Å². The molecule has 0 aliphatic carbocycles. The third-order valence-electron chi connectivity index (χ3n) is 2.43. The van der Waals surface area contributed by atoms with Gasteiger partial charge in [-0.15, -0.1) is 11.3 Å². The molecular formula is C12H22N4OS. The molecule has 0 radical (unpaired) electrons. The molecule has 0 saturated carbocycles. The first-order chi connectivity index (χ1) is 8.65. The van der Waals surface area contributed by atoms with Crippen LogP contribution in [0.15, 0.2) is 6.20 Å². The van der Waals surface area contributed by atoms with Crippen molar-refractivity contribution in [1.82, 2.24) is 15.2 Å². The molecule has 0 fully saturated rings. The predicted molar refractivity (Wildman–Crippen MR) is 75.4 cm³/mol. The van der Waals surface area contributed by atoms with Gasteiger partial charge in [0.25, 0.3) is 0 Å². The van der Waals surface area contributed by atoms with E-state index in [1.807, 2.05) is 6.92 Å². The molecule has 18 heavy (non-hydrogen) atoms. The van der Waals surface area contributed by atoms with Gasteiger partial charge in [0.1, 0.15) is 0 Å². The maximum absolute atomic E-state index is 11.7. The molecule has 0 bridgehead atoms. The summed E-state index contributed by atoms with van der Waals surface area (Å²) in [5.41, 5.74) is 5.60. The summed E-state index contributed by atoms with van der Waals surface area (Å²) >= 11 is 1.48. The van der Waals surface area contributed by atoms with Crippen LogP contribution in [0.2, 0.25) is 0 Å². The third-order valence-corrected chi connectivity index (χ3v) is 3.24. The number of carbonyl (C=O) groups is 1. The Hall–Kier alpha value is -1.14. The quantitative estimate of drug-likeness (QED) is 0.750. The molecule has 5 nitrogen and oxygen atoms in total. The van der Waals surface area contributed by atoms with Crippen molar-refractivity contribution in [2.75, 3.05) is 25.4 Å². The minimum atomic E-state index is 0.0859. The van der Waals surface area contributed by atoms with Gasteiger partial charge in [0, 0.05) is 24.2 Å². The molecule has 0 aliphatic heterocycles. The molecule has 102 valence electrons. The van der Waals surface area contributed by atoms with Crippen LogP contribution < -0.4 is 11.1 Å². The van der Waals surface area contributed by atoms with Gasteiger partial charge in [-0.1, -0.05) is 13.8 Å². The number of anilines is 1. The SMILES string of the molecule is CCCNC(=O)CN(CCC)Cc1cnc(N)s1. The summed E-state index contributed by atoms with van der Waals surface area (Å²) in [4.78, 5) is 18.9. The lowest BCUT2D eigenvalue weighted by Gasteiger charge is -2.20. The number of amides is 1. The summed E-state index contributed by atoms with van der Waals surface area (Å²) < 4.78 is 0. The number of thiazole rings is 1. The number of aromatic nitrogens is 1. The Morgan fingerprint density at radius 1 is 1.50 bits per heavy atom. The lowest BCUT2D eigenvalue weighted by Crippen LogP contribution is -2.37. The minimum Gasteiger partial charge on any atom is -0.375 e. The van der Waals surface area contributed by atoms with E-state index in [1.165, 1.54) is 11.3 Å². The lowest BCUT2D eigenvalue weighted by atomic mass is 10.3. The molecule has 1 heterocycles. The fourth-order valence-corrected chi connectivity index (χ4v) is 2.40. The van der Waals surface area contributed by atoms with Crippen molar-refractivity contribution >= 4 is 22.4 Å². The Bertz CT molecular complexity index is 367. The average Bonchev–Trinajstić information content (AvgIpc) is 2.72. The van der Waals surface area contributed by atoms with E-state index in [0.29, 0.717) is 11.7 Å². The Morgan fingerprint density at radius 3 is 2.83 bits per heavy atom. The second-order valence-electron chi connectivity index (χ2n) is 4.23. The number of carbonyl (C=O) groups excluding carboxylic acids is 1. The Morgan fingerprint density at radius 2 is 2.28 bits per heavy atom. The molecule has 0 saturated heterocycles. The van der Waals surface area contributed by atoms with Crippen LogP contribution in [0.5, 0.6) is 0 Å². The molecule has 0 spiro atoms. The molecular weight excluding hydrogens is 248 g/mol. The molecule has 1 amide bonds. The van der Waals surface area contributed by atoms with Crippen LogP contribution in [0.25, 0.3) is 0 Å². The molecule has 0 unspecified atom stereocenters. The van der Waals surface area contributed by atoms with Crippen LogP contribution in [0.1, 0.15) is 31.6 Å². The number of hydrogen-bond acceptors (Lipinski definition) is 5. The van der Waals surface area contributed by atoms with Crippen LogP contribution in [-0.2, 0) is 11.3 Å². The topological polar surface area (TPSA) is 71.2 Å². The summed E-state index contributed by atoms with van der Waals surface area (Å²) in [6, 6.07) is 0. The highest BCUT2D eigenvalue weighted by atomic mass is 32.1. The first kappa shape index (κ1) is 14.9. The number of hydrogen-bond donors (Lipinski definition) is 2. The third kappa shape index (κ3) is 5.46. The van der Waals surface area contributed by atoms with Crippen molar-refractivity contribution in [1.29, 1.82) is 0 Å². The fraction of sp³-hybridized carbons (Fsp3) is 0.667. The largest absolute Gasteiger partial charge is 0.375 e. The predicted octanol–water partition coefficient (Wildman–Crippen LogP) is 1.46. The van der Waals surface area contributed by atoms with E-state index in [1.54, 1.807) is 6.20 Å². The zero-order chi connectivity index (χ0) is 13.4. The average molecular weight is 270 g/mol. The molecule has 0 aliphatic rings. The van der Waals surface area contributed by atoms with Crippen LogP contribution >= 0.6 is 11.3 Å². The van der Waals surface area contributed by atoms with E-state index in [9.17, 15) is 4.79 Å². The van der Waals surface area contributed by atoms with Gasteiger partial charge in [-0.3, -0.25) is 9.69 Å². The van der Waals surface area contributed by atoms with Crippen LogP contribution in [0.3, 0.4) is 0 Å². The molecule has 3 N–H and O–H groups in total. The minimum absolute atomic E-state index is 0.0859. The van der Waals surface area contributed by atoms with Gasteiger partial charge in [0.05, 0.1) is 6.54 Å². The van der Waals surface area contributed by atoms with Gasteiger partial charge in [0.15, 0.2) is 5.13 Å². The van der Waals surface area contributed by atoms with Gasteiger partial charge < -0.3 is 11.1 Å². The van der Waals surface area contributed by atoms with Crippen LogP contribution in [-0.4, -0.2) is 35.4 Å². The van der Waals surface area contributed by atoms with Crippen molar-refractivity contribution in [3.05, 3.63) is 11.1 Å². The smallest absolute Gasteiger partial charge is 0.234 e. The maximum Gasteiger partial charge on any atom is 0.234 e. The van der Waals surface area contributed by atoms with Crippen molar-refractivity contribution < 1.29 is 4.79 Å². The highest BCUT2D eigenvalue weighted by Crippen LogP contribution is 2.16. The van der Waals surface area contributed by atoms with Crippen molar-refractivity contribution in [2.24, 2.45) is 0 Å². The Kier molecular flexibility index (Phi) is 6.67. The van der Waals surface area contributed by atoms with Crippen molar-refractivity contribution in [2.45, 2.75) is 33.2 Å². The molecule has 0 atom stereocenters. The van der Waals surface area contributed by atoms with Crippen LogP contribution in [0, 0.1) is 0 Å². The maximum atomic E-state index is 11.7. The Labute approximate surface area is 112 Å². The van der Waals surface area contributed by atoms with Gasteiger partial charge >= 0.3 is 0 Å². The van der Waals surface area contributed by atoms with Crippen molar-refractivity contribution in [3.63, 3.8) is 0 Å². The zero-order valence-electron chi connectivity index (χ0n) is 11.1. The van der Waals surface area contributed by atoms with Gasteiger partial charge in [-0.2, -0.15) is 0 Å². The Balaban J connectivity index is 2.46. The molecule has 6 heteroatoms. The summed E-state index contributed by atoms with van der Waals surface area (Å²) in [7, 11) is 0.